The Balaban J connectivity index is 1.46. The Morgan fingerprint density at radius 2 is 1.43 bits per heavy atom. The van der Waals surface area contributed by atoms with Crippen molar-refractivity contribution in [3.05, 3.63) is 0 Å². The average molecular weight is 289 g/mol. The fourth-order valence-electron chi connectivity index (χ4n) is 6.48. The number of hydrogen-bond acceptors (Lipinski definition) is 1. The molecule has 0 atom stereocenters. The first-order chi connectivity index (χ1) is 10.1. The summed E-state index contributed by atoms with van der Waals surface area (Å²) in [5.41, 5.74) is 0.0828. The molecule has 0 spiro atoms. The van der Waals surface area contributed by atoms with Crippen molar-refractivity contribution in [1.29, 1.82) is 0 Å². The van der Waals surface area contributed by atoms with Gasteiger partial charge in [-0.1, -0.05) is 13.8 Å². The Bertz CT molecular complexity index is 384. The van der Waals surface area contributed by atoms with Crippen molar-refractivity contribution in [2.45, 2.75) is 65.2 Å². The van der Waals surface area contributed by atoms with Crippen LogP contribution >= 0.6 is 0 Å². The van der Waals surface area contributed by atoms with Gasteiger partial charge in [-0.3, -0.25) is 4.79 Å². The second-order valence-electron chi connectivity index (χ2n) is 9.07. The quantitative estimate of drug-likeness (QED) is 0.749. The van der Waals surface area contributed by atoms with Crippen LogP contribution in [0.4, 0.5) is 0 Å². The standard InChI is InChI=1S/C19H31NO/c1-13(2)17-3-5-20(6-4-17)18(21)19-10-14-7-15(11-19)9-16(8-14)12-19/h13-17H,3-12H2,1-2H3. The van der Waals surface area contributed by atoms with E-state index in [4.69, 9.17) is 0 Å². The van der Waals surface area contributed by atoms with Gasteiger partial charge in [0, 0.05) is 13.1 Å². The molecule has 4 aliphatic carbocycles. The van der Waals surface area contributed by atoms with E-state index in [2.05, 4.69) is 18.7 Å². The number of rotatable bonds is 2. The summed E-state index contributed by atoms with van der Waals surface area (Å²) in [4.78, 5) is 15.5. The first kappa shape index (κ1) is 14.1. The van der Waals surface area contributed by atoms with Crippen LogP contribution in [-0.4, -0.2) is 23.9 Å². The molecule has 1 amide bonds. The van der Waals surface area contributed by atoms with Crippen molar-refractivity contribution >= 4 is 5.91 Å². The Hall–Kier alpha value is -0.530. The topological polar surface area (TPSA) is 20.3 Å². The van der Waals surface area contributed by atoms with Crippen molar-refractivity contribution in [3.8, 4) is 0 Å². The second-order valence-corrected chi connectivity index (χ2v) is 9.07. The SMILES string of the molecule is CC(C)C1CCN(C(=O)C23CC4CC(CC(C4)C2)C3)CC1. The van der Waals surface area contributed by atoms with E-state index in [-0.39, 0.29) is 5.41 Å². The van der Waals surface area contributed by atoms with Crippen molar-refractivity contribution in [1.82, 2.24) is 4.90 Å². The first-order valence-corrected chi connectivity index (χ1v) is 9.35. The third kappa shape index (κ3) is 2.33. The zero-order valence-electron chi connectivity index (χ0n) is 13.8. The Morgan fingerprint density at radius 3 is 1.86 bits per heavy atom. The van der Waals surface area contributed by atoms with Crippen LogP contribution in [0.2, 0.25) is 0 Å². The van der Waals surface area contributed by atoms with Crippen LogP contribution in [0.25, 0.3) is 0 Å². The van der Waals surface area contributed by atoms with E-state index < -0.39 is 0 Å². The van der Waals surface area contributed by atoms with Crippen molar-refractivity contribution < 1.29 is 4.79 Å². The third-order valence-electron chi connectivity index (χ3n) is 7.26. The van der Waals surface area contributed by atoms with Crippen molar-refractivity contribution in [2.24, 2.45) is 35.0 Å². The van der Waals surface area contributed by atoms with Gasteiger partial charge in [0.2, 0.25) is 5.91 Å². The highest BCUT2D eigenvalue weighted by molar-refractivity contribution is 5.83. The summed E-state index contributed by atoms with van der Waals surface area (Å²) >= 11 is 0. The number of carbonyl (C=O) groups excluding carboxylic acids is 1. The Morgan fingerprint density at radius 1 is 0.952 bits per heavy atom. The Kier molecular flexibility index (Phi) is 3.35. The molecule has 21 heavy (non-hydrogen) atoms. The van der Waals surface area contributed by atoms with E-state index in [0.717, 1.165) is 42.7 Å². The van der Waals surface area contributed by atoms with Crippen LogP contribution in [0, 0.1) is 35.0 Å². The molecular formula is C19H31NO. The highest BCUT2D eigenvalue weighted by Crippen LogP contribution is 2.60. The minimum atomic E-state index is 0.0828. The number of nitrogens with zero attached hydrogens (tertiary/aromatic N) is 1. The average Bonchev–Trinajstić information content (AvgIpc) is 2.45. The van der Waals surface area contributed by atoms with E-state index in [1.807, 2.05) is 0 Å². The van der Waals surface area contributed by atoms with E-state index >= 15 is 0 Å². The van der Waals surface area contributed by atoms with Crippen molar-refractivity contribution in [2.75, 3.05) is 13.1 Å². The molecule has 2 nitrogen and oxygen atoms in total. The van der Waals surface area contributed by atoms with E-state index in [0.29, 0.717) is 5.91 Å². The molecule has 5 fully saturated rings. The van der Waals surface area contributed by atoms with Crippen molar-refractivity contribution in [3.63, 3.8) is 0 Å². The van der Waals surface area contributed by atoms with Crippen LogP contribution in [0.5, 0.6) is 0 Å². The summed E-state index contributed by atoms with van der Waals surface area (Å²) in [6.45, 7) is 6.73. The predicted molar refractivity (Wildman–Crippen MR) is 84.7 cm³/mol. The normalized spacial score (nSPS) is 42.8. The number of amides is 1. The fourth-order valence-corrected chi connectivity index (χ4v) is 6.48. The van der Waals surface area contributed by atoms with Crippen LogP contribution < -0.4 is 0 Å². The van der Waals surface area contributed by atoms with Gasteiger partial charge in [0.15, 0.2) is 0 Å². The van der Waals surface area contributed by atoms with E-state index in [9.17, 15) is 4.79 Å². The maximum atomic E-state index is 13.3. The highest BCUT2D eigenvalue weighted by Gasteiger charge is 2.55. The minimum Gasteiger partial charge on any atom is -0.342 e. The van der Waals surface area contributed by atoms with Crippen LogP contribution in [0.3, 0.4) is 0 Å². The molecule has 0 aromatic heterocycles. The summed E-state index contributed by atoms with van der Waals surface area (Å²) in [6, 6.07) is 0. The molecule has 0 unspecified atom stereocenters. The summed E-state index contributed by atoms with van der Waals surface area (Å²) in [7, 11) is 0. The van der Waals surface area contributed by atoms with Gasteiger partial charge in [-0.25, -0.2) is 0 Å². The van der Waals surface area contributed by atoms with Gasteiger partial charge >= 0.3 is 0 Å². The lowest BCUT2D eigenvalue weighted by Gasteiger charge is -2.57. The highest BCUT2D eigenvalue weighted by atomic mass is 16.2. The van der Waals surface area contributed by atoms with Gasteiger partial charge < -0.3 is 4.90 Å². The van der Waals surface area contributed by atoms with E-state index in [1.165, 1.54) is 51.4 Å². The summed E-state index contributed by atoms with van der Waals surface area (Å²) < 4.78 is 0. The largest absolute Gasteiger partial charge is 0.342 e. The third-order valence-corrected chi connectivity index (χ3v) is 7.26. The predicted octanol–water partition coefficient (Wildman–Crippen LogP) is 4.10. The first-order valence-electron chi connectivity index (χ1n) is 9.35. The molecule has 0 aromatic carbocycles. The molecule has 5 aliphatic rings. The molecule has 0 radical (unpaired) electrons. The second kappa shape index (κ2) is 4.99. The number of carbonyl (C=O) groups is 1. The molecule has 118 valence electrons. The fraction of sp³-hybridized carbons (Fsp3) is 0.947. The molecule has 1 saturated heterocycles. The van der Waals surface area contributed by atoms with Gasteiger partial charge in [0.25, 0.3) is 0 Å². The number of hydrogen-bond donors (Lipinski definition) is 0. The maximum Gasteiger partial charge on any atom is 0.228 e. The lowest BCUT2D eigenvalue weighted by Crippen LogP contribution is -2.55. The minimum absolute atomic E-state index is 0.0828. The van der Waals surface area contributed by atoms with Gasteiger partial charge in [-0.05, 0) is 81.0 Å². The molecule has 4 bridgehead atoms. The van der Waals surface area contributed by atoms with Gasteiger partial charge in [-0.2, -0.15) is 0 Å². The van der Waals surface area contributed by atoms with Crippen LogP contribution in [0.1, 0.15) is 65.2 Å². The molecule has 1 aliphatic heterocycles. The molecule has 1 heterocycles. The van der Waals surface area contributed by atoms with Gasteiger partial charge in [-0.15, -0.1) is 0 Å². The lowest BCUT2D eigenvalue weighted by molar-refractivity contribution is -0.159. The van der Waals surface area contributed by atoms with Gasteiger partial charge in [0.1, 0.15) is 0 Å². The van der Waals surface area contributed by atoms with Gasteiger partial charge in [0.05, 0.1) is 5.41 Å². The summed E-state index contributed by atoms with van der Waals surface area (Å²) in [6.07, 6.45) is 10.4. The lowest BCUT2D eigenvalue weighted by atomic mass is 9.49. The molecule has 4 saturated carbocycles. The zero-order valence-corrected chi connectivity index (χ0v) is 13.8. The molecule has 2 heteroatoms. The van der Waals surface area contributed by atoms with Crippen LogP contribution in [0.15, 0.2) is 0 Å². The number of piperidine rings is 1. The molecular weight excluding hydrogens is 258 g/mol. The summed E-state index contributed by atoms with van der Waals surface area (Å²) in [5.74, 6) is 4.83. The Labute approximate surface area is 129 Å². The number of likely N-dealkylation sites (tertiary alicyclic amines) is 1. The summed E-state index contributed by atoms with van der Waals surface area (Å²) in [5, 5.41) is 0. The monoisotopic (exact) mass is 289 g/mol. The molecule has 5 rings (SSSR count). The molecule has 0 N–H and O–H groups in total. The van der Waals surface area contributed by atoms with Crippen LogP contribution in [-0.2, 0) is 4.79 Å². The zero-order chi connectivity index (χ0) is 14.6. The van der Waals surface area contributed by atoms with E-state index in [1.54, 1.807) is 0 Å². The molecule has 0 aromatic rings. The maximum absolute atomic E-state index is 13.3. The smallest absolute Gasteiger partial charge is 0.228 e.